The first kappa shape index (κ1) is 27.1. The Labute approximate surface area is 247 Å². The van der Waals surface area contributed by atoms with Crippen molar-refractivity contribution in [3.05, 3.63) is 103 Å². The average Bonchev–Trinajstić information content (AvgIpc) is 3.65. The van der Waals surface area contributed by atoms with E-state index in [1.807, 2.05) is 42.7 Å². The van der Waals surface area contributed by atoms with Crippen LogP contribution in [0.15, 0.2) is 85.5 Å². The van der Waals surface area contributed by atoms with Crippen LogP contribution >= 0.6 is 0 Å². The number of fused-ring (bicyclic) bond motifs is 2. The first-order valence-electron chi connectivity index (χ1n) is 14.5. The third-order valence-corrected chi connectivity index (χ3v) is 8.18. The molecule has 10 heteroatoms. The van der Waals surface area contributed by atoms with Gasteiger partial charge in [0.1, 0.15) is 11.5 Å². The monoisotopic (exact) mass is 575 g/mol. The molecular weight excluding hydrogens is 545 g/mol. The van der Waals surface area contributed by atoms with Crippen molar-refractivity contribution >= 4 is 22.3 Å². The fraction of sp³-hybridized carbons (Fsp3) is 0.242. The lowest BCUT2D eigenvalue weighted by Crippen LogP contribution is -2.36. The number of aromatic nitrogens is 6. The molecule has 0 bridgehead atoms. The van der Waals surface area contributed by atoms with Gasteiger partial charge in [0.25, 0.3) is 0 Å². The normalized spacial score (nSPS) is 14.6. The van der Waals surface area contributed by atoms with Crippen LogP contribution in [0.4, 0.5) is 4.39 Å². The van der Waals surface area contributed by atoms with E-state index >= 15 is 0 Å². The third kappa shape index (κ3) is 5.31. The van der Waals surface area contributed by atoms with E-state index < -0.39 is 0 Å². The lowest BCUT2D eigenvalue weighted by Gasteiger charge is -2.32. The number of benzene rings is 2. The number of carbonyl (C=O) groups excluding carboxylic acids is 1. The Morgan fingerprint density at radius 2 is 1.79 bits per heavy atom. The van der Waals surface area contributed by atoms with Crippen LogP contribution in [0, 0.1) is 5.82 Å². The van der Waals surface area contributed by atoms with Crippen LogP contribution in [0.2, 0.25) is 0 Å². The van der Waals surface area contributed by atoms with Gasteiger partial charge in [-0.1, -0.05) is 18.2 Å². The number of aliphatic hydroxyl groups is 1. The number of halogens is 1. The molecule has 0 unspecified atom stereocenters. The van der Waals surface area contributed by atoms with Gasteiger partial charge in [0.05, 0.1) is 48.2 Å². The molecular formula is C33H30FN7O2. The summed E-state index contributed by atoms with van der Waals surface area (Å²) in [5, 5.41) is 15.1. The minimum absolute atomic E-state index is 0.0357. The zero-order chi connectivity index (χ0) is 29.3. The van der Waals surface area contributed by atoms with Crippen LogP contribution < -0.4 is 0 Å². The number of carbonyl (C=O) groups is 1. The van der Waals surface area contributed by atoms with E-state index in [4.69, 9.17) is 10.1 Å². The maximum atomic E-state index is 13.8. The van der Waals surface area contributed by atoms with Crippen molar-refractivity contribution in [2.24, 2.45) is 0 Å². The van der Waals surface area contributed by atoms with E-state index in [0.717, 1.165) is 53.8 Å². The van der Waals surface area contributed by atoms with Gasteiger partial charge in [0, 0.05) is 48.4 Å². The zero-order valence-corrected chi connectivity index (χ0v) is 23.5. The number of hydrogen-bond acceptors (Lipinski definition) is 7. The molecule has 0 atom stereocenters. The maximum absolute atomic E-state index is 13.8. The van der Waals surface area contributed by atoms with E-state index in [-0.39, 0.29) is 30.7 Å². The second-order valence-electron chi connectivity index (χ2n) is 10.9. The molecule has 43 heavy (non-hydrogen) atoms. The first-order valence-corrected chi connectivity index (χ1v) is 14.5. The summed E-state index contributed by atoms with van der Waals surface area (Å²) >= 11 is 0. The number of imidazole rings is 2. The van der Waals surface area contributed by atoms with Crippen LogP contribution in [0.25, 0.3) is 39.2 Å². The molecule has 0 aliphatic carbocycles. The summed E-state index contributed by atoms with van der Waals surface area (Å²) in [5.41, 5.74) is 5.75. The molecule has 0 saturated carbocycles. The SMILES string of the molecule is O=C(Cc1cn2nc(-c3c(-c4ccc(F)cc4)ncn3C3CCN(CCO)CC3)ccc2n1)c1ccnc2ccccc12. The molecule has 6 aromatic rings. The van der Waals surface area contributed by atoms with Crippen molar-refractivity contribution in [3.8, 4) is 22.6 Å². The Kier molecular flexibility index (Phi) is 7.22. The number of Topliss-reactive ketones (excluding diaryl/α,β-unsaturated/α-hetero) is 1. The molecule has 2 aromatic carbocycles. The summed E-state index contributed by atoms with van der Waals surface area (Å²) in [4.78, 5) is 29.4. The topological polar surface area (TPSA) is 101 Å². The summed E-state index contributed by atoms with van der Waals surface area (Å²) in [7, 11) is 0. The van der Waals surface area contributed by atoms with Gasteiger partial charge in [-0.25, -0.2) is 18.9 Å². The highest BCUT2D eigenvalue weighted by Crippen LogP contribution is 2.35. The third-order valence-electron chi connectivity index (χ3n) is 8.18. The molecule has 0 spiro atoms. The second-order valence-corrected chi connectivity index (χ2v) is 10.9. The molecule has 5 heterocycles. The smallest absolute Gasteiger partial charge is 0.169 e. The summed E-state index contributed by atoms with van der Waals surface area (Å²) in [5.74, 6) is -0.341. The Bertz CT molecular complexity index is 1920. The minimum Gasteiger partial charge on any atom is -0.395 e. The fourth-order valence-corrected chi connectivity index (χ4v) is 6.01. The zero-order valence-electron chi connectivity index (χ0n) is 23.5. The molecule has 216 valence electrons. The number of para-hydroxylation sites is 1. The van der Waals surface area contributed by atoms with Gasteiger partial charge in [-0.15, -0.1) is 0 Å². The number of hydrogen-bond donors (Lipinski definition) is 1. The van der Waals surface area contributed by atoms with Crippen molar-refractivity contribution in [3.63, 3.8) is 0 Å². The van der Waals surface area contributed by atoms with Crippen molar-refractivity contribution in [2.45, 2.75) is 25.3 Å². The number of pyridine rings is 1. The summed E-state index contributed by atoms with van der Waals surface area (Å²) in [6.07, 6.45) is 7.27. The summed E-state index contributed by atoms with van der Waals surface area (Å²) in [6, 6.07) is 19.7. The average molecular weight is 576 g/mol. The highest BCUT2D eigenvalue weighted by Gasteiger charge is 2.26. The van der Waals surface area contributed by atoms with Crippen molar-refractivity contribution < 1.29 is 14.3 Å². The molecule has 1 aliphatic heterocycles. The number of ketones is 1. The summed E-state index contributed by atoms with van der Waals surface area (Å²) in [6.45, 7) is 2.59. The lowest BCUT2D eigenvalue weighted by molar-refractivity contribution is 0.0993. The number of β-amino-alcohol motifs (C(OH)–C–C–N with tert-alkyl or cyclic N) is 1. The van der Waals surface area contributed by atoms with Gasteiger partial charge < -0.3 is 14.6 Å². The number of rotatable bonds is 8. The van der Waals surface area contributed by atoms with Crippen LogP contribution in [0.1, 0.15) is 34.9 Å². The molecule has 1 N–H and O–H groups in total. The predicted molar refractivity (Wildman–Crippen MR) is 161 cm³/mol. The fourth-order valence-electron chi connectivity index (χ4n) is 6.01. The van der Waals surface area contributed by atoms with E-state index in [1.165, 1.54) is 12.1 Å². The Hall–Kier alpha value is -4.80. The molecule has 4 aromatic heterocycles. The van der Waals surface area contributed by atoms with Crippen LogP contribution in [0.3, 0.4) is 0 Å². The van der Waals surface area contributed by atoms with Gasteiger partial charge >= 0.3 is 0 Å². The Balaban J connectivity index is 1.23. The van der Waals surface area contributed by atoms with Gasteiger partial charge in [-0.05, 0) is 61.4 Å². The quantitative estimate of drug-likeness (QED) is 0.255. The predicted octanol–water partition coefficient (Wildman–Crippen LogP) is 5.00. The number of nitrogens with zero attached hydrogens (tertiary/aromatic N) is 7. The first-order chi connectivity index (χ1) is 21.1. The van der Waals surface area contributed by atoms with Crippen molar-refractivity contribution in [1.29, 1.82) is 0 Å². The largest absolute Gasteiger partial charge is 0.395 e. The Morgan fingerprint density at radius 1 is 0.977 bits per heavy atom. The molecule has 1 aliphatic rings. The van der Waals surface area contributed by atoms with Crippen molar-refractivity contribution in [2.75, 3.05) is 26.2 Å². The molecule has 7 rings (SSSR count). The van der Waals surface area contributed by atoms with Crippen LogP contribution in [0.5, 0.6) is 0 Å². The highest BCUT2D eigenvalue weighted by atomic mass is 19.1. The molecule has 1 fully saturated rings. The van der Waals surface area contributed by atoms with Gasteiger partial charge in [0.15, 0.2) is 11.4 Å². The number of aliphatic hydroxyl groups excluding tert-OH is 1. The Morgan fingerprint density at radius 3 is 2.60 bits per heavy atom. The second kappa shape index (κ2) is 11.5. The number of piperidine rings is 1. The standard InChI is InChI=1S/C33H30FN7O2/c34-23-7-5-22(6-8-23)32-33(40(21-36-32)25-12-15-39(16-13-25)17-18-42)29-9-10-31-37-24(20-41(31)38-29)19-30(43)27-11-14-35-28-4-2-1-3-26(27)28/h1-11,14,20-21,25,42H,12-13,15-19H2. The lowest BCUT2D eigenvalue weighted by atomic mass is 10.0. The van der Waals surface area contributed by atoms with E-state index in [2.05, 4.69) is 19.4 Å². The molecule has 9 nitrogen and oxygen atoms in total. The van der Waals surface area contributed by atoms with E-state index in [1.54, 1.807) is 35.1 Å². The summed E-state index contributed by atoms with van der Waals surface area (Å²) < 4.78 is 17.7. The van der Waals surface area contributed by atoms with Gasteiger partial charge in [0.2, 0.25) is 0 Å². The van der Waals surface area contributed by atoms with E-state index in [0.29, 0.717) is 29.1 Å². The molecule has 1 saturated heterocycles. The van der Waals surface area contributed by atoms with Crippen LogP contribution in [-0.4, -0.2) is 71.2 Å². The number of likely N-dealkylation sites (tertiary alicyclic amines) is 1. The maximum Gasteiger partial charge on any atom is 0.169 e. The molecule has 0 radical (unpaired) electrons. The van der Waals surface area contributed by atoms with Crippen LogP contribution in [-0.2, 0) is 6.42 Å². The molecule has 0 amide bonds. The van der Waals surface area contributed by atoms with Crippen molar-refractivity contribution in [1.82, 2.24) is 34.0 Å². The van der Waals surface area contributed by atoms with Gasteiger partial charge in [-0.3, -0.25) is 9.78 Å². The van der Waals surface area contributed by atoms with E-state index in [9.17, 15) is 14.3 Å². The van der Waals surface area contributed by atoms with Gasteiger partial charge in [-0.2, -0.15) is 5.10 Å². The minimum atomic E-state index is -0.305. The highest BCUT2D eigenvalue weighted by molar-refractivity contribution is 6.07.